The van der Waals surface area contributed by atoms with E-state index in [1.54, 1.807) is 32.0 Å². The van der Waals surface area contributed by atoms with Crippen LogP contribution in [0.15, 0.2) is 42.5 Å². The second-order valence-electron chi connectivity index (χ2n) is 5.24. The van der Waals surface area contributed by atoms with E-state index in [2.05, 4.69) is 0 Å². The van der Waals surface area contributed by atoms with Crippen LogP contribution in [0, 0.1) is 6.92 Å². The van der Waals surface area contributed by atoms with Crippen LogP contribution in [0.4, 0.5) is 13.2 Å². The Bertz CT molecular complexity index is 663. The Hall–Kier alpha value is -1.52. The number of rotatable bonds is 2. The van der Waals surface area contributed by atoms with Crippen LogP contribution >= 0.6 is 11.6 Å². The summed E-state index contributed by atoms with van der Waals surface area (Å²) in [6, 6.07) is 10.6. The highest BCUT2D eigenvalue weighted by molar-refractivity contribution is 6.30. The minimum Gasteiger partial charge on any atom is -0.318 e. The van der Waals surface area contributed by atoms with Crippen molar-refractivity contribution in [2.45, 2.75) is 25.6 Å². The fourth-order valence-corrected chi connectivity index (χ4v) is 2.58. The third-order valence-electron chi connectivity index (χ3n) is 3.54. The van der Waals surface area contributed by atoms with Crippen LogP contribution in [0.3, 0.4) is 0 Å². The lowest BCUT2D eigenvalue weighted by molar-refractivity contribution is -0.137. The van der Waals surface area contributed by atoms with E-state index in [9.17, 15) is 13.2 Å². The molecule has 1 nitrogen and oxygen atoms in total. The van der Waals surface area contributed by atoms with Crippen LogP contribution in [-0.4, -0.2) is 0 Å². The number of hydrogen-bond donors (Lipinski definition) is 1. The summed E-state index contributed by atoms with van der Waals surface area (Å²) in [4.78, 5) is 0. The van der Waals surface area contributed by atoms with Crippen molar-refractivity contribution in [2.75, 3.05) is 0 Å². The molecule has 2 rings (SSSR count). The van der Waals surface area contributed by atoms with Gasteiger partial charge in [-0.2, -0.15) is 13.2 Å². The third-order valence-corrected chi connectivity index (χ3v) is 3.77. The van der Waals surface area contributed by atoms with Crippen LogP contribution in [0.5, 0.6) is 0 Å². The summed E-state index contributed by atoms with van der Waals surface area (Å²) in [5, 5.41) is 0.536. The first-order chi connectivity index (χ1) is 9.62. The lowest BCUT2D eigenvalue weighted by Gasteiger charge is -2.28. The first kappa shape index (κ1) is 15.9. The van der Waals surface area contributed by atoms with Crippen molar-refractivity contribution in [3.8, 4) is 0 Å². The van der Waals surface area contributed by atoms with Crippen LogP contribution < -0.4 is 5.73 Å². The van der Waals surface area contributed by atoms with Gasteiger partial charge in [0.05, 0.1) is 11.1 Å². The zero-order valence-electron chi connectivity index (χ0n) is 11.6. The fraction of sp³-hybridized carbons (Fsp3) is 0.250. The maximum atomic E-state index is 12.7. The highest BCUT2D eigenvalue weighted by Gasteiger charge is 2.32. The minimum absolute atomic E-state index is 0.495. The molecule has 0 spiro atoms. The number of alkyl halides is 3. The van der Waals surface area contributed by atoms with E-state index >= 15 is 0 Å². The molecule has 2 N–H and O–H groups in total. The zero-order valence-corrected chi connectivity index (χ0v) is 12.4. The monoisotopic (exact) mass is 313 g/mol. The van der Waals surface area contributed by atoms with Gasteiger partial charge in [-0.1, -0.05) is 29.8 Å². The summed E-state index contributed by atoms with van der Waals surface area (Å²) in [6.07, 6.45) is -4.36. The van der Waals surface area contributed by atoms with Crippen molar-refractivity contribution < 1.29 is 13.2 Å². The number of benzene rings is 2. The predicted molar refractivity (Wildman–Crippen MR) is 78.3 cm³/mol. The first-order valence-corrected chi connectivity index (χ1v) is 6.73. The van der Waals surface area contributed by atoms with Crippen molar-refractivity contribution in [1.82, 2.24) is 0 Å². The average Bonchev–Trinajstić information content (AvgIpc) is 2.37. The predicted octanol–water partition coefficient (Wildman–Crippen LogP) is 4.89. The van der Waals surface area contributed by atoms with Crippen LogP contribution in [0.2, 0.25) is 5.02 Å². The Labute approximate surface area is 126 Å². The summed E-state index contributed by atoms with van der Waals surface area (Å²) < 4.78 is 38.2. The average molecular weight is 314 g/mol. The summed E-state index contributed by atoms with van der Waals surface area (Å²) in [7, 11) is 0. The Balaban J connectivity index is 2.50. The maximum absolute atomic E-state index is 12.7. The molecule has 1 unspecified atom stereocenters. The van der Waals surface area contributed by atoms with Gasteiger partial charge in [-0.05, 0) is 54.8 Å². The molecule has 0 fully saturated rings. The van der Waals surface area contributed by atoms with Gasteiger partial charge in [0.25, 0.3) is 0 Å². The Morgan fingerprint density at radius 2 is 1.67 bits per heavy atom. The SMILES string of the molecule is Cc1cc(C(F)(F)F)ccc1C(C)(N)c1cccc(Cl)c1. The van der Waals surface area contributed by atoms with Crippen molar-refractivity contribution in [2.24, 2.45) is 5.73 Å². The number of halogens is 4. The minimum atomic E-state index is -4.36. The van der Waals surface area contributed by atoms with E-state index in [4.69, 9.17) is 17.3 Å². The molecule has 0 radical (unpaired) electrons. The van der Waals surface area contributed by atoms with Gasteiger partial charge in [0.1, 0.15) is 0 Å². The van der Waals surface area contributed by atoms with Gasteiger partial charge < -0.3 is 5.73 Å². The molecule has 0 saturated heterocycles. The lowest BCUT2D eigenvalue weighted by atomic mass is 9.83. The summed E-state index contributed by atoms with van der Waals surface area (Å²) in [5.41, 5.74) is 6.64. The van der Waals surface area contributed by atoms with E-state index in [-0.39, 0.29) is 0 Å². The van der Waals surface area contributed by atoms with Crippen molar-refractivity contribution in [3.05, 3.63) is 69.7 Å². The second-order valence-corrected chi connectivity index (χ2v) is 5.68. The molecule has 0 aliphatic heterocycles. The largest absolute Gasteiger partial charge is 0.416 e. The quantitative estimate of drug-likeness (QED) is 0.839. The van der Waals surface area contributed by atoms with Gasteiger partial charge >= 0.3 is 6.18 Å². The highest BCUT2D eigenvalue weighted by Crippen LogP contribution is 2.35. The van der Waals surface area contributed by atoms with Gasteiger partial charge in [-0.15, -0.1) is 0 Å². The van der Waals surface area contributed by atoms with E-state index in [1.807, 2.05) is 6.07 Å². The molecule has 0 bridgehead atoms. The molecule has 5 heteroatoms. The smallest absolute Gasteiger partial charge is 0.318 e. The molecule has 0 aliphatic carbocycles. The first-order valence-electron chi connectivity index (χ1n) is 6.35. The van der Waals surface area contributed by atoms with E-state index in [0.29, 0.717) is 16.1 Å². The Kier molecular flexibility index (Phi) is 4.04. The second kappa shape index (κ2) is 5.35. The van der Waals surface area contributed by atoms with Gasteiger partial charge in [-0.25, -0.2) is 0 Å². The summed E-state index contributed by atoms with van der Waals surface area (Å²) in [5.74, 6) is 0. The van der Waals surface area contributed by atoms with Gasteiger partial charge in [0.15, 0.2) is 0 Å². The maximum Gasteiger partial charge on any atom is 0.416 e. The fourth-order valence-electron chi connectivity index (χ4n) is 2.39. The van der Waals surface area contributed by atoms with Crippen LogP contribution in [-0.2, 0) is 11.7 Å². The van der Waals surface area contributed by atoms with E-state index in [0.717, 1.165) is 17.7 Å². The lowest BCUT2D eigenvalue weighted by Crippen LogP contribution is -2.35. The molecule has 2 aromatic carbocycles. The molecule has 0 heterocycles. The molecule has 112 valence electrons. The van der Waals surface area contributed by atoms with Gasteiger partial charge in [-0.3, -0.25) is 0 Å². The van der Waals surface area contributed by atoms with Crippen LogP contribution in [0.25, 0.3) is 0 Å². The number of aryl methyl sites for hydroxylation is 1. The molecule has 0 saturated carbocycles. The van der Waals surface area contributed by atoms with Gasteiger partial charge in [0, 0.05) is 5.02 Å². The van der Waals surface area contributed by atoms with Crippen LogP contribution in [0.1, 0.15) is 29.2 Å². The number of nitrogens with two attached hydrogens (primary N) is 1. The summed E-state index contributed by atoms with van der Waals surface area (Å²) in [6.45, 7) is 3.38. The standard InChI is InChI=1S/C16H15ClF3N/c1-10-8-12(16(18,19)20)6-7-14(10)15(2,21)11-4-3-5-13(17)9-11/h3-9H,21H2,1-2H3. The number of hydrogen-bond acceptors (Lipinski definition) is 1. The molecule has 1 atom stereocenters. The molecule has 0 aliphatic rings. The topological polar surface area (TPSA) is 26.0 Å². The Morgan fingerprint density at radius 1 is 1.00 bits per heavy atom. The molecular weight excluding hydrogens is 299 g/mol. The van der Waals surface area contributed by atoms with E-state index < -0.39 is 17.3 Å². The molecule has 0 amide bonds. The molecule has 21 heavy (non-hydrogen) atoms. The molecule has 2 aromatic rings. The molecular formula is C16H15ClF3N. The van der Waals surface area contributed by atoms with Gasteiger partial charge in [0.2, 0.25) is 0 Å². The van der Waals surface area contributed by atoms with Crippen molar-refractivity contribution >= 4 is 11.6 Å². The van der Waals surface area contributed by atoms with Crippen molar-refractivity contribution in [3.63, 3.8) is 0 Å². The van der Waals surface area contributed by atoms with Crippen molar-refractivity contribution in [1.29, 1.82) is 0 Å². The third kappa shape index (κ3) is 3.22. The Morgan fingerprint density at radius 3 is 2.19 bits per heavy atom. The highest BCUT2D eigenvalue weighted by atomic mass is 35.5. The summed E-state index contributed by atoms with van der Waals surface area (Å²) >= 11 is 5.96. The van der Waals surface area contributed by atoms with E-state index in [1.165, 1.54) is 6.07 Å². The molecule has 0 aromatic heterocycles. The normalized spacial score (nSPS) is 14.8. The zero-order chi connectivity index (χ0) is 15.8.